The number of thiol groups is 1. The van der Waals surface area contributed by atoms with Gasteiger partial charge in [-0.2, -0.15) is 12.6 Å². The van der Waals surface area contributed by atoms with Crippen LogP contribution < -0.4 is 0 Å². The monoisotopic (exact) mass is 189 g/mol. The Morgan fingerprint density at radius 2 is 1.92 bits per heavy atom. The summed E-state index contributed by atoms with van der Waals surface area (Å²) in [6, 6.07) is 0. The van der Waals surface area contributed by atoms with Gasteiger partial charge < -0.3 is 4.90 Å². The third-order valence-electron chi connectivity index (χ3n) is 2.21. The van der Waals surface area contributed by atoms with E-state index in [4.69, 9.17) is 0 Å². The van der Waals surface area contributed by atoms with E-state index in [1.54, 1.807) is 0 Å². The van der Waals surface area contributed by atoms with Crippen LogP contribution in [0.3, 0.4) is 0 Å². The topological polar surface area (TPSA) is 3.24 Å². The van der Waals surface area contributed by atoms with Gasteiger partial charge in [0.1, 0.15) is 0 Å². The molecule has 0 saturated carbocycles. The van der Waals surface area contributed by atoms with Crippen molar-refractivity contribution >= 4 is 12.6 Å². The average Bonchev–Trinajstić information content (AvgIpc) is 2.05. The average molecular weight is 189 g/mol. The zero-order valence-electron chi connectivity index (χ0n) is 8.71. The molecule has 0 heterocycles. The molecule has 0 spiro atoms. The molecule has 74 valence electrons. The first kappa shape index (κ1) is 12.3. The minimum atomic E-state index is 0.829. The van der Waals surface area contributed by atoms with Crippen molar-refractivity contribution in [2.24, 2.45) is 5.92 Å². The molecule has 1 atom stereocenters. The van der Waals surface area contributed by atoms with E-state index >= 15 is 0 Å². The summed E-state index contributed by atoms with van der Waals surface area (Å²) < 4.78 is 0. The van der Waals surface area contributed by atoms with E-state index in [0.717, 1.165) is 11.7 Å². The Kier molecular flexibility index (Phi) is 8.14. The Morgan fingerprint density at radius 1 is 1.25 bits per heavy atom. The lowest BCUT2D eigenvalue weighted by Crippen LogP contribution is -2.17. The van der Waals surface area contributed by atoms with Crippen molar-refractivity contribution in [1.82, 2.24) is 4.90 Å². The van der Waals surface area contributed by atoms with Crippen molar-refractivity contribution in [3.05, 3.63) is 0 Å². The van der Waals surface area contributed by atoms with Crippen molar-refractivity contribution in [2.75, 3.05) is 26.4 Å². The molecule has 0 amide bonds. The molecular formula is C10H23NS. The molecule has 0 aliphatic carbocycles. The second kappa shape index (κ2) is 7.93. The van der Waals surface area contributed by atoms with Gasteiger partial charge in [0.2, 0.25) is 0 Å². The van der Waals surface area contributed by atoms with Gasteiger partial charge in [-0.1, -0.05) is 19.8 Å². The number of hydrogen-bond donors (Lipinski definition) is 1. The van der Waals surface area contributed by atoms with Gasteiger partial charge in [-0.05, 0) is 45.2 Å². The Balaban J connectivity index is 3.39. The summed E-state index contributed by atoms with van der Waals surface area (Å²) in [6.45, 7) is 3.45. The molecule has 1 nitrogen and oxygen atoms in total. The first-order chi connectivity index (χ1) is 5.70. The van der Waals surface area contributed by atoms with E-state index in [2.05, 4.69) is 38.5 Å². The molecule has 0 rings (SSSR count). The van der Waals surface area contributed by atoms with Crippen molar-refractivity contribution in [3.63, 3.8) is 0 Å². The maximum absolute atomic E-state index is 4.37. The normalized spacial score (nSPS) is 13.8. The van der Waals surface area contributed by atoms with Gasteiger partial charge in [-0.15, -0.1) is 0 Å². The number of rotatable bonds is 7. The molecule has 0 fully saturated rings. The molecule has 0 bridgehead atoms. The molecule has 2 heteroatoms. The largest absolute Gasteiger partial charge is 0.309 e. The highest BCUT2D eigenvalue weighted by atomic mass is 32.1. The quantitative estimate of drug-likeness (QED) is 0.603. The summed E-state index contributed by atoms with van der Waals surface area (Å²) in [5.74, 6) is 1.88. The third-order valence-corrected chi connectivity index (χ3v) is 2.73. The van der Waals surface area contributed by atoms with Crippen LogP contribution in [0.1, 0.15) is 32.6 Å². The fourth-order valence-corrected chi connectivity index (χ4v) is 1.63. The molecule has 0 N–H and O–H groups in total. The summed E-state index contributed by atoms with van der Waals surface area (Å²) in [5.41, 5.74) is 0. The van der Waals surface area contributed by atoms with Gasteiger partial charge in [0.15, 0.2) is 0 Å². The van der Waals surface area contributed by atoms with Crippen LogP contribution >= 0.6 is 12.6 Å². The molecule has 0 aromatic heterocycles. The highest BCUT2D eigenvalue weighted by Crippen LogP contribution is 2.14. The lowest BCUT2D eigenvalue weighted by Gasteiger charge is -2.16. The maximum atomic E-state index is 4.37. The smallest absolute Gasteiger partial charge is 0.00219 e. The van der Waals surface area contributed by atoms with Crippen LogP contribution in [0.4, 0.5) is 0 Å². The zero-order chi connectivity index (χ0) is 9.40. The van der Waals surface area contributed by atoms with Gasteiger partial charge in [-0.3, -0.25) is 0 Å². The van der Waals surface area contributed by atoms with Crippen LogP contribution in [0.2, 0.25) is 0 Å². The lowest BCUT2D eigenvalue weighted by molar-refractivity contribution is 0.351. The van der Waals surface area contributed by atoms with E-state index in [1.165, 1.54) is 32.2 Å². The van der Waals surface area contributed by atoms with Crippen LogP contribution in [-0.2, 0) is 0 Å². The summed E-state index contributed by atoms with van der Waals surface area (Å²) >= 11 is 4.37. The van der Waals surface area contributed by atoms with E-state index in [-0.39, 0.29) is 0 Å². The fraction of sp³-hybridized carbons (Fsp3) is 1.00. The van der Waals surface area contributed by atoms with E-state index in [0.29, 0.717) is 0 Å². The van der Waals surface area contributed by atoms with Crippen LogP contribution in [0, 0.1) is 5.92 Å². The van der Waals surface area contributed by atoms with Gasteiger partial charge in [0.25, 0.3) is 0 Å². The molecule has 0 aromatic carbocycles. The Labute approximate surface area is 82.9 Å². The van der Waals surface area contributed by atoms with E-state index in [1.807, 2.05) is 0 Å². The first-order valence-corrected chi connectivity index (χ1v) is 5.59. The number of hydrogen-bond acceptors (Lipinski definition) is 2. The molecule has 0 saturated heterocycles. The Hall–Kier alpha value is 0.310. The molecule has 0 aromatic rings. The van der Waals surface area contributed by atoms with Gasteiger partial charge in [0.05, 0.1) is 0 Å². The van der Waals surface area contributed by atoms with E-state index in [9.17, 15) is 0 Å². The summed E-state index contributed by atoms with van der Waals surface area (Å²) in [7, 11) is 4.27. The summed E-state index contributed by atoms with van der Waals surface area (Å²) in [6.07, 6.45) is 5.33. The highest BCUT2D eigenvalue weighted by Gasteiger charge is 2.05. The second-order valence-corrected chi connectivity index (χ2v) is 4.15. The zero-order valence-corrected chi connectivity index (χ0v) is 9.61. The summed E-state index contributed by atoms with van der Waals surface area (Å²) in [5, 5.41) is 0. The lowest BCUT2D eigenvalue weighted by atomic mass is 10.0. The molecule has 0 radical (unpaired) electrons. The van der Waals surface area contributed by atoms with Crippen LogP contribution in [0.5, 0.6) is 0 Å². The second-order valence-electron chi connectivity index (χ2n) is 3.78. The van der Waals surface area contributed by atoms with Crippen LogP contribution in [0.15, 0.2) is 0 Å². The third kappa shape index (κ3) is 6.99. The fourth-order valence-electron chi connectivity index (χ4n) is 1.26. The molecule has 0 aliphatic heterocycles. The number of nitrogens with zero attached hydrogens (tertiary/aromatic N) is 1. The van der Waals surface area contributed by atoms with Crippen molar-refractivity contribution < 1.29 is 0 Å². The van der Waals surface area contributed by atoms with Crippen LogP contribution in [0.25, 0.3) is 0 Å². The highest BCUT2D eigenvalue weighted by molar-refractivity contribution is 7.80. The summed E-state index contributed by atoms with van der Waals surface area (Å²) in [4.78, 5) is 2.25. The minimum absolute atomic E-state index is 0.829. The van der Waals surface area contributed by atoms with Crippen molar-refractivity contribution in [1.29, 1.82) is 0 Å². The maximum Gasteiger partial charge on any atom is -0.00219 e. The standard InChI is InChI=1S/C10H23NS/c1-4-5-6-10(9-12)7-8-11(2)3/h10,12H,4-9H2,1-3H3. The minimum Gasteiger partial charge on any atom is -0.309 e. The van der Waals surface area contributed by atoms with E-state index < -0.39 is 0 Å². The molecule has 12 heavy (non-hydrogen) atoms. The Bertz CT molecular complexity index is 93.8. The molecule has 0 aliphatic rings. The first-order valence-electron chi connectivity index (χ1n) is 4.96. The number of unbranched alkanes of at least 4 members (excludes halogenated alkanes) is 1. The SMILES string of the molecule is CCCCC(CS)CCN(C)C. The molecular weight excluding hydrogens is 166 g/mol. The van der Waals surface area contributed by atoms with Crippen molar-refractivity contribution in [3.8, 4) is 0 Å². The predicted octanol–water partition coefficient (Wildman–Crippen LogP) is 2.67. The predicted molar refractivity (Wildman–Crippen MR) is 60.0 cm³/mol. The van der Waals surface area contributed by atoms with Crippen molar-refractivity contribution in [2.45, 2.75) is 32.6 Å². The molecule has 1 unspecified atom stereocenters. The van der Waals surface area contributed by atoms with Gasteiger partial charge in [0, 0.05) is 0 Å². The van der Waals surface area contributed by atoms with Gasteiger partial charge in [-0.25, -0.2) is 0 Å². The van der Waals surface area contributed by atoms with Gasteiger partial charge >= 0.3 is 0 Å². The van der Waals surface area contributed by atoms with Crippen LogP contribution in [-0.4, -0.2) is 31.3 Å². The Morgan fingerprint density at radius 3 is 2.33 bits per heavy atom.